The topological polar surface area (TPSA) is 58.6 Å². The number of carbonyl (C=O) groups is 2. The zero-order chi connectivity index (χ0) is 18.2. The van der Waals surface area contributed by atoms with Crippen LogP contribution in [0.4, 0.5) is 9.18 Å². The van der Waals surface area contributed by atoms with Gasteiger partial charge in [0.05, 0.1) is 6.54 Å². The maximum absolute atomic E-state index is 13.8. The molecule has 6 heteroatoms. The summed E-state index contributed by atoms with van der Waals surface area (Å²) in [6, 6.07) is 9.23. The summed E-state index contributed by atoms with van der Waals surface area (Å²) in [6.45, 7) is 5.15. The van der Waals surface area contributed by atoms with Crippen LogP contribution in [0, 0.1) is 0 Å². The average Bonchev–Trinajstić information content (AvgIpc) is 3.17. The van der Waals surface area contributed by atoms with Gasteiger partial charge in [-0.3, -0.25) is 9.69 Å². The Balaban J connectivity index is 1.60. The Kier molecular flexibility index (Phi) is 4.71. The number of benzene rings is 1. The number of carbonyl (C=O) groups excluding carboxylic acids is 2. The Bertz CT molecular complexity index is 644. The van der Waals surface area contributed by atoms with Gasteiger partial charge in [0.1, 0.15) is 17.8 Å². The highest BCUT2D eigenvalue weighted by atomic mass is 19.1. The molecule has 0 radical (unpaired) electrons. The van der Waals surface area contributed by atoms with Gasteiger partial charge in [-0.15, -0.1) is 0 Å². The molecule has 1 aromatic rings. The second-order valence-electron chi connectivity index (χ2n) is 7.85. The van der Waals surface area contributed by atoms with Gasteiger partial charge in [0.15, 0.2) is 0 Å². The van der Waals surface area contributed by atoms with Crippen LogP contribution < -0.4 is 5.32 Å². The summed E-state index contributed by atoms with van der Waals surface area (Å²) in [5.74, 6) is -0.00264. The molecule has 2 unspecified atom stereocenters. The van der Waals surface area contributed by atoms with E-state index in [0.717, 1.165) is 6.42 Å². The van der Waals surface area contributed by atoms with Gasteiger partial charge < -0.3 is 10.1 Å². The molecule has 1 aromatic carbocycles. The van der Waals surface area contributed by atoms with Gasteiger partial charge in [0, 0.05) is 18.4 Å². The Morgan fingerprint density at radius 2 is 1.88 bits per heavy atom. The first-order chi connectivity index (χ1) is 11.7. The molecular formula is C19H25FN2O3. The van der Waals surface area contributed by atoms with Crippen molar-refractivity contribution < 1.29 is 18.7 Å². The molecule has 1 saturated carbocycles. The molecule has 0 spiro atoms. The first kappa shape index (κ1) is 17.7. The van der Waals surface area contributed by atoms with E-state index < -0.39 is 23.9 Å². The Morgan fingerprint density at radius 1 is 1.20 bits per heavy atom. The van der Waals surface area contributed by atoms with E-state index in [0.29, 0.717) is 5.92 Å². The number of nitrogens with zero attached hydrogens (tertiary/aromatic N) is 1. The first-order valence-electron chi connectivity index (χ1n) is 8.73. The lowest BCUT2D eigenvalue weighted by Gasteiger charge is -2.27. The molecule has 1 N–H and O–H groups in total. The molecule has 2 aliphatic rings. The second kappa shape index (κ2) is 6.65. The van der Waals surface area contributed by atoms with E-state index in [9.17, 15) is 14.0 Å². The van der Waals surface area contributed by atoms with Crippen molar-refractivity contribution in [3.05, 3.63) is 35.9 Å². The first-order valence-corrected chi connectivity index (χ1v) is 8.73. The molecule has 3 rings (SSSR count). The monoisotopic (exact) mass is 348 g/mol. The molecular weight excluding hydrogens is 323 g/mol. The van der Waals surface area contributed by atoms with Gasteiger partial charge >= 0.3 is 6.09 Å². The summed E-state index contributed by atoms with van der Waals surface area (Å²) in [7, 11) is 0. The van der Waals surface area contributed by atoms with E-state index in [1.165, 1.54) is 10.5 Å². The van der Waals surface area contributed by atoms with Crippen molar-refractivity contribution in [3.63, 3.8) is 0 Å². The fourth-order valence-corrected chi connectivity index (χ4v) is 3.26. The summed E-state index contributed by atoms with van der Waals surface area (Å²) in [6.07, 6.45) is -0.947. The smallest absolute Gasteiger partial charge is 0.411 e. The predicted molar refractivity (Wildman–Crippen MR) is 92.0 cm³/mol. The molecule has 25 heavy (non-hydrogen) atoms. The Hall–Kier alpha value is -2.11. The third-order valence-corrected chi connectivity index (χ3v) is 4.53. The largest absolute Gasteiger partial charge is 0.444 e. The molecule has 1 aliphatic carbocycles. The fourth-order valence-electron chi connectivity index (χ4n) is 3.26. The molecule has 136 valence electrons. The van der Waals surface area contributed by atoms with Crippen LogP contribution in [0.2, 0.25) is 0 Å². The maximum atomic E-state index is 13.8. The highest BCUT2D eigenvalue weighted by molar-refractivity contribution is 5.87. The van der Waals surface area contributed by atoms with Crippen LogP contribution in [0.1, 0.15) is 45.1 Å². The molecule has 4 atom stereocenters. The number of hydrogen-bond donors (Lipinski definition) is 1. The molecule has 1 heterocycles. The van der Waals surface area contributed by atoms with Crippen LogP contribution in [-0.4, -0.2) is 47.3 Å². The highest BCUT2D eigenvalue weighted by Crippen LogP contribution is 2.40. The van der Waals surface area contributed by atoms with Crippen molar-refractivity contribution in [2.24, 2.45) is 0 Å². The van der Waals surface area contributed by atoms with Crippen LogP contribution in [-0.2, 0) is 9.53 Å². The normalized spacial score (nSPS) is 28.6. The Morgan fingerprint density at radius 3 is 2.52 bits per heavy atom. The standard InChI is InChI=1S/C19H25FN2O3/c1-19(2,3)25-18(24)22-11-13(20)9-16(22)17(23)21-15-10-14(15)12-7-5-4-6-8-12/h4-8,13-16H,9-11H2,1-3H3,(H,21,23)/t13-,14?,15?,16+/m1/s1. The Labute approximate surface area is 147 Å². The minimum Gasteiger partial charge on any atom is -0.444 e. The van der Waals surface area contributed by atoms with Crippen molar-refractivity contribution in [1.29, 1.82) is 0 Å². The molecule has 0 aromatic heterocycles. The van der Waals surface area contributed by atoms with Crippen LogP contribution in [0.15, 0.2) is 30.3 Å². The lowest BCUT2D eigenvalue weighted by Crippen LogP contribution is -2.48. The van der Waals surface area contributed by atoms with Crippen molar-refractivity contribution in [2.75, 3.05) is 6.54 Å². The number of halogens is 1. The molecule has 1 aliphatic heterocycles. The van der Waals surface area contributed by atoms with E-state index in [1.807, 2.05) is 30.3 Å². The number of amides is 2. The number of hydrogen-bond acceptors (Lipinski definition) is 3. The van der Waals surface area contributed by atoms with Gasteiger partial charge in [-0.2, -0.15) is 0 Å². The van der Waals surface area contributed by atoms with E-state index in [4.69, 9.17) is 4.74 Å². The summed E-state index contributed by atoms with van der Waals surface area (Å²) < 4.78 is 19.1. The lowest BCUT2D eigenvalue weighted by molar-refractivity contribution is -0.125. The molecule has 2 fully saturated rings. The minimum absolute atomic E-state index is 0.0216. The molecule has 1 saturated heterocycles. The van der Waals surface area contributed by atoms with E-state index in [1.54, 1.807) is 20.8 Å². The zero-order valence-corrected chi connectivity index (χ0v) is 14.9. The molecule has 2 amide bonds. The van der Waals surface area contributed by atoms with Crippen molar-refractivity contribution in [3.8, 4) is 0 Å². The van der Waals surface area contributed by atoms with Crippen LogP contribution in [0.5, 0.6) is 0 Å². The summed E-state index contributed by atoms with van der Waals surface area (Å²) >= 11 is 0. The summed E-state index contributed by atoms with van der Waals surface area (Å²) in [4.78, 5) is 26.1. The van der Waals surface area contributed by atoms with Gasteiger partial charge in [-0.1, -0.05) is 30.3 Å². The van der Waals surface area contributed by atoms with Crippen molar-refractivity contribution in [1.82, 2.24) is 10.2 Å². The number of alkyl halides is 1. The maximum Gasteiger partial charge on any atom is 0.411 e. The van der Waals surface area contributed by atoms with Gasteiger partial charge in [0.2, 0.25) is 5.91 Å². The highest BCUT2D eigenvalue weighted by Gasteiger charge is 2.45. The van der Waals surface area contributed by atoms with Gasteiger partial charge in [0.25, 0.3) is 0 Å². The second-order valence-corrected chi connectivity index (χ2v) is 7.85. The number of nitrogens with one attached hydrogen (secondary N) is 1. The third-order valence-electron chi connectivity index (χ3n) is 4.53. The predicted octanol–water partition coefficient (Wildman–Crippen LogP) is 3.01. The van der Waals surface area contributed by atoms with E-state index in [2.05, 4.69) is 5.32 Å². The SMILES string of the molecule is CC(C)(C)OC(=O)N1C[C@H](F)C[C@H]1C(=O)NC1CC1c1ccccc1. The fraction of sp³-hybridized carbons (Fsp3) is 0.579. The lowest BCUT2D eigenvalue weighted by atomic mass is 10.1. The van der Waals surface area contributed by atoms with Crippen LogP contribution in [0.3, 0.4) is 0 Å². The van der Waals surface area contributed by atoms with Crippen molar-refractivity contribution >= 4 is 12.0 Å². The van der Waals surface area contributed by atoms with Crippen LogP contribution >= 0.6 is 0 Å². The summed E-state index contributed by atoms with van der Waals surface area (Å²) in [5.41, 5.74) is 0.507. The van der Waals surface area contributed by atoms with Crippen LogP contribution in [0.25, 0.3) is 0 Å². The average molecular weight is 348 g/mol. The molecule has 0 bridgehead atoms. The number of likely N-dealkylation sites (tertiary alicyclic amines) is 1. The van der Waals surface area contributed by atoms with Crippen molar-refractivity contribution in [2.45, 2.75) is 63.4 Å². The van der Waals surface area contributed by atoms with E-state index in [-0.39, 0.29) is 24.9 Å². The van der Waals surface area contributed by atoms with E-state index >= 15 is 0 Å². The van der Waals surface area contributed by atoms with Gasteiger partial charge in [-0.25, -0.2) is 9.18 Å². The zero-order valence-electron chi connectivity index (χ0n) is 14.9. The minimum atomic E-state index is -1.20. The number of rotatable bonds is 3. The quantitative estimate of drug-likeness (QED) is 0.913. The number of ether oxygens (including phenoxy) is 1. The molecule has 5 nitrogen and oxygen atoms in total. The van der Waals surface area contributed by atoms with Gasteiger partial charge in [-0.05, 0) is 32.8 Å². The third kappa shape index (κ3) is 4.30. The summed E-state index contributed by atoms with van der Waals surface area (Å²) in [5, 5.41) is 2.96.